The molecule has 0 amide bonds. The van der Waals surface area contributed by atoms with E-state index in [9.17, 15) is 4.79 Å². The Balaban J connectivity index is 1.63. The summed E-state index contributed by atoms with van der Waals surface area (Å²) in [7, 11) is 0. The predicted octanol–water partition coefficient (Wildman–Crippen LogP) is 3.96. The van der Waals surface area contributed by atoms with E-state index in [-0.39, 0.29) is 6.42 Å². The molecule has 5 heteroatoms. The molecule has 0 fully saturated rings. The van der Waals surface area contributed by atoms with E-state index in [1.165, 1.54) is 5.56 Å². The van der Waals surface area contributed by atoms with Crippen LogP contribution in [0.2, 0.25) is 0 Å². The van der Waals surface area contributed by atoms with E-state index in [0.29, 0.717) is 19.6 Å². The van der Waals surface area contributed by atoms with Gasteiger partial charge in [0, 0.05) is 18.8 Å². The number of hydrogen-bond acceptors (Lipinski definition) is 3. The van der Waals surface area contributed by atoms with E-state index in [1.54, 1.807) is 6.20 Å². The topological polar surface area (TPSA) is 64.3 Å². The summed E-state index contributed by atoms with van der Waals surface area (Å²) in [4.78, 5) is 10.9. The molecular formula is C22H24N2O3. The van der Waals surface area contributed by atoms with Crippen molar-refractivity contribution in [3.05, 3.63) is 83.7 Å². The largest absolute Gasteiger partial charge is 0.493 e. The third-order valence-corrected chi connectivity index (χ3v) is 4.35. The number of carboxylic acid groups (broad SMARTS) is 1. The SMILES string of the molecule is O=C(O)CCc1ccc(Cn2cccn2)cc1OCCCc1ccccc1. The second-order valence-electron chi connectivity index (χ2n) is 6.48. The molecule has 1 N–H and O–H groups in total. The van der Waals surface area contributed by atoms with E-state index in [2.05, 4.69) is 17.2 Å². The Morgan fingerprint density at radius 3 is 2.63 bits per heavy atom. The number of hydrogen-bond donors (Lipinski definition) is 1. The Labute approximate surface area is 159 Å². The molecule has 5 nitrogen and oxygen atoms in total. The zero-order valence-electron chi connectivity index (χ0n) is 15.3. The summed E-state index contributed by atoms with van der Waals surface area (Å²) >= 11 is 0. The number of aryl methyl sites for hydroxylation is 2. The third kappa shape index (κ3) is 5.99. The monoisotopic (exact) mass is 364 g/mol. The number of carbonyl (C=O) groups is 1. The molecule has 0 spiro atoms. The van der Waals surface area contributed by atoms with Crippen LogP contribution in [0.15, 0.2) is 67.0 Å². The van der Waals surface area contributed by atoms with Gasteiger partial charge in [0.25, 0.3) is 0 Å². The van der Waals surface area contributed by atoms with Gasteiger partial charge in [-0.05, 0) is 48.1 Å². The van der Waals surface area contributed by atoms with Crippen LogP contribution in [0.5, 0.6) is 5.75 Å². The Morgan fingerprint density at radius 2 is 1.89 bits per heavy atom. The van der Waals surface area contributed by atoms with Crippen molar-refractivity contribution in [1.29, 1.82) is 0 Å². The van der Waals surface area contributed by atoms with Gasteiger partial charge < -0.3 is 9.84 Å². The molecule has 0 aliphatic heterocycles. The second-order valence-corrected chi connectivity index (χ2v) is 6.48. The van der Waals surface area contributed by atoms with Crippen LogP contribution in [0.1, 0.15) is 29.5 Å². The highest BCUT2D eigenvalue weighted by Crippen LogP contribution is 2.23. The van der Waals surface area contributed by atoms with Crippen molar-refractivity contribution < 1.29 is 14.6 Å². The van der Waals surface area contributed by atoms with Crippen LogP contribution in [0.3, 0.4) is 0 Å². The van der Waals surface area contributed by atoms with Gasteiger partial charge in [-0.1, -0.05) is 42.5 Å². The zero-order chi connectivity index (χ0) is 18.9. The van der Waals surface area contributed by atoms with Crippen LogP contribution in [-0.2, 0) is 24.2 Å². The van der Waals surface area contributed by atoms with Gasteiger partial charge in [0.2, 0.25) is 0 Å². The standard InChI is InChI=1S/C22H24N2O3/c25-22(26)12-11-20-10-9-19(17-24-14-5-13-23-24)16-21(20)27-15-4-8-18-6-2-1-3-7-18/h1-3,5-7,9-10,13-14,16H,4,8,11-12,15,17H2,(H,25,26). The fourth-order valence-corrected chi connectivity index (χ4v) is 2.96. The van der Waals surface area contributed by atoms with Gasteiger partial charge in [0.05, 0.1) is 13.2 Å². The Kier molecular flexibility index (Phi) is 6.63. The van der Waals surface area contributed by atoms with Gasteiger partial charge in [0.1, 0.15) is 5.75 Å². The second kappa shape index (κ2) is 9.57. The molecule has 0 aliphatic rings. The van der Waals surface area contributed by atoms with Crippen LogP contribution >= 0.6 is 0 Å². The first-order valence-electron chi connectivity index (χ1n) is 9.18. The minimum Gasteiger partial charge on any atom is -0.493 e. The van der Waals surface area contributed by atoms with Crippen LogP contribution in [-0.4, -0.2) is 27.5 Å². The van der Waals surface area contributed by atoms with Gasteiger partial charge in [-0.15, -0.1) is 0 Å². The van der Waals surface area contributed by atoms with Crippen molar-refractivity contribution in [2.75, 3.05) is 6.61 Å². The van der Waals surface area contributed by atoms with E-state index >= 15 is 0 Å². The minimum absolute atomic E-state index is 0.0961. The van der Waals surface area contributed by atoms with E-state index < -0.39 is 5.97 Å². The summed E-state index contributed by atoms with van der Waals surface area (Å²) in [6.07, 6.45) is 6.09. The molecule has 27 heavy (non-hydrogen) atoms. The highest BCUT2D eigenvalue weighted by atomic mass is 16.5. The Hall–Kier alpha value is -3.08. The highest BCUT2D eigenvalue weighted by molar-refractivity contribution is 5.67. The molecule has 3 aromatic rings. The quantitative estimate of drug-likeness (QED) is 0.553. The summed E-state index contributed by atoms with van der Waals surface area (Å²) in [5, 5.41) is 13.2. The number of aromatic nitrogens is 2. The maximum atomic E-state index is 10.9. The Morgan fingerprint density at radius 1 is 1.04 bits per heavy atom. The van der Waals surface area contributed by atoms with Crippen LogP contribution < -0.4 is 4.74 Å². The fourth-order valence-electron chi connectivity index (χ4n) is 2.96. The lowest BCUT2D eigenvalue weighted by molar-refractivity contribution is -0.136. The molecule has 0 radical (unpaired) electrons. The van der Waals surface area contributed by atoms with Crippen LogP contribution in [0.25, 0.3) is 0 Å². The van der Waals surface area contributed by atoms with Crippen molar-refractivity contribution in [2.45, 2.75) is 32.2 Å². The number of carboxylic acids is 1. The lowest BCUT2D eigenvalue weighted by Gasteiger charge is -2.13. The maximum absolute atomic E-state index is 10.9. The summed E-state index contributed by atoms with van der Waals surface area (Å²) in [5.41, 5.74) is 3.30. The van der Waals surface area contributed by atoms with Crippen molar-refractivity contribution >= 4 is 5.97 Å². The zero-order valence-corrected chi connectivity index (χ0v) is 15.3. The molecule has 0 bridgehead atoms. The first-order valence-corrected chi connectivity index (χ1v) is 9.18. The van der Waals surface area contributed by atoms with E-state index in [4.69, 9.17) is 9.84 Å². The van der Waals surface area contributed by atoms with E-state index in [1.807, 2.05) is 53.3 Å². The molecule has 0 saturated carbocycles. The summed E-state index contributed by atoms with van der Waals surface area (Å²) in [6, 6.07) is 18.2. The number of aliphatic carboxylic acids is 1. The number of rotatable bonds is 10. The first kappa shape index (κ1) is 18.7. The molecule has 0 saturated heterocycles. The maximum Gasteiger partial charge on any atom is 0.303 e. The Bertz CT molecular complexity index is 845. The molecule has 0 unspecified atom stereocenters. The number of ether oxygens (including phenoxy) is 1. The summed E-state index contributed by atoms with van der Waals surface area (Å²) < 4.78 is 7.88. The lowest BCUT2D eigenvalue weighted by Crippen LogP contribution is -2.06. The number of benzene rings is 2. The smallest absolute Gasteiger partial charge is 0.303 e. The lowest BCUT2D eigenvalue weighted by atomic mass is 10.1. The van der Waals surface area contributed by atoms with Gasteiger partial charge in [0.15, 0.2) is 0 Å². The molecular weight excluding hydrogens is 340 g/mol. The molecule has 0 aliphatic carbocycles. The van der Waals surface area contributed by atoms with Crippen molar-refractivity contribution in [3.63, 3.8) is 0 Å². The summed E-state index contributed by atoms with van der Waals surface area (Å²) in [5.74, 6) is -0.0281. The molecule has 2 aromatic carbocycles. The van der Waals surface area contributed by atoms with Gasteiger partial charge in [-0.2, -0.15) is 5.10 Å². The normalized spacial score (nSPS) is 10.7. The molecule has 0 atom stereocenters. The molecule has 1 aromatic heterocycles. The van der Waals surface area contributed by atoms with Crippen molar-refractivity contribution in [2.24, 2.45) is 0 Å². The number of nitrogens with zero attached hydrogens (tertiary/aromatic N) is 2. The minimum atomic E-state index is -0.800. The molecule has 3 rings (SSSR count). The predicted molar refractivity (Wildman–Crippen MR) is 104 cm³/mol. The highest BCUT2D eigenvalue weighted by Gasteiger charge is 2.09. The fraction of sp³-hybridized carbons (Fsp3) is 0.273. The van der Waals surface area contributed by atoms with Crippen molar-refractivity contribution in [3.8, 4) is 5.75 Å². The van der Waals surface area contributed by atoms with Crippen molar-refractivity contribution in [1.82, 2.24) is 9.78 Å². The van der Waals surface area contributed by atoms with Gasteiger partial charge in [-0.3, -0.25) is 9.48 Å². The van der Waals surface area contributed by atoms with Gasteiger partial charge >= 0.3 is 5.97 Å². The first-order chi connectivity index (χ1) is 13.2. The van der Waals surface area contributed by atoms with Gasteiger partial charge in [-0.25, -0.2) is 0 Å². The van der Waals surface area contributed by atoms with E-state index in [0.717, 1.165) is 29.7 Å². The average Bonchev–Trinajstić information content (AvgIpc) is 3.18. The van der Waals surface area contributed by atoms with Crippen LogP contribution in [0, 0.1) is 0 Å². The average molecular weight is 364 g/mol. The molecule has 1 heterocycles. The third-order valence-electron chi connectivity index (χ3n) is 4.35. The molecule has 140 valence electrons. The van der Waals surface area contributed by atoms with Crippen LogP contribution in [0.4, 0.5) is 0 Å². The summed E-state index contributed by atoms with van der Waals surface area (Å²) in [6.45, 7) is 1.26.